The monoisotopic (exact) mass is 345 g/mol. The minimum absolute atomic E-state index is 0.542. The van der Waals surface area contributed by atoms with Crippen LogP contribution in [-0.2, 0) is 5.75 Å². The lowest BCUT2D eigenvalue weighted by molar-refractivity contribution is 1.08. The van der Waals surface area contributed by atoms with E-state index in [1.165, 1.54) is 4.90 Å². The number of fused-ring (bicyclic) bond motifs is 1. The summed E-state index contributed by atoms with van der Waals surface area (Å²) in [6.45, 7) is 0. The molecule has 0 atom stereocenters. The molecule has 0 amide bonds. The summed E-state index contributed by atoms with van der Waals surface area (Å²) in [6.07, 6.45) is 0. The van der Waals surface area contributed by atoms with E-state index in [1.807, 2.05) is 36.4 Å². The second-order valence-electron chi connectivity index (χ2n) is 4.29. The first-order valence-corrected chi connectivity index (χ1v) is 7.90. The van der Waals surface area contributed by atoms with Crippen molar-refractivity contribution in [3.63, 3.8) is 0 Å². The second-order valence-corrected chi connectivity index (χ2v) is 6.25. The van der Waals surface area contributed by atoms with Gasteiger partial charge in [-0.05, 0) is 30.3 Å². The zero-order valence-electron chi connectivity index (χ0n) is 10.6. The van der Waals surface area contributed by atoms with Crippen molar-refractivity contribution in [1.82, 2.24) is 9.97 Å². The summed E-state index contributed by atoms with van der Waals surface area (Å²) in [4.78, 5) is 10.1. The first kappa shape index (κ1) is 13.4. The van der Waals surface area contributed by atoms with E-state index >= 15 is 0 Å². The van der Waals surface area contributed by atoms with Gasteiger partial charge in [0.05, 0.1) is 11.3 Å². The lowest BCUT2D eigenvalue weighted by Gasteiger charge is -2.05. The van der Waals surface area contributed by atoms with Crippen molar-refractivity contribution in [3.05, 3.63) is 58.8 Å². The van der Waals surface area contributed by atoms with Crippen molar-refractivity contribution >= 4 is 44.4 Å². The molecular formula is C15H12BrN3S. The first-order valence-electron chi connectivity index (χ1n) is 6.12. The molecule has 3 aromatic rings. The smallest absolute Gasteiger partial charge is 0.141 e. The Morgan fingerprint density at radius 2 is 1.90 bits per heavy atom. The Morgan fingerprint density at radius 3 is 2.75 bits per heavy atom. The van der Waals surface area contributed by atoms with Crippen molar-refractivity contribution in [1.29, 1.82) is 0 Å². The maximum atomic E-state index is 5.98. The number of rotatable bonds is 3. The van der Waals surface area contributed by atoms with Crippen LogP contribution in [0.5, 0.6) is 0 Å². The summed E-state index contributed by atoms with van der Waals surface area (Å²) >= 11 is 5.16. The lowest BCUT2D eigenvalue weighted by Crippen LogP contribution is -1.99. The second kappa shape index (κ2) is 5.81. The average molecular weight is 346 g/mol. The molecular weight excluding hydrogens is 334 g/mol. The summed E-state index contributed by atoms with van der Waals surface area (Å²) in [7, 11) is 0. The zero-order chi connectivity index (χ0) is 13.9. The highest BCUT2D eigenvalue weighted by molar-refractivity contribution is 9.10. The van der Waals surface area contributed by atoms with Crippen LogP contribution in [0.3, 0.4) is 0 Å². The number of para-hydroxylation sites is 1. The fourth-order valence-electron chi connectivity index (χ4n) is 1.92. The number of hydrogen-bond donors (Lipinski definition) is 1. The topological polar surface area (TPSA) is 51.8 Å². The Morgan fingerprint density at radius 1 is 1.05 bits per heavy atom. The molecule has 0 saturated heterocycles. The van der Waals surface area contributed by atoms with Crippen molar-refractivity contribution in [3.8, 4) is 0 Å². The van der Waals surface area contributed by atoms with Crippen LogP contribution < -0.4 is 5.73 Å². The van der Waals surface area contributed by atoms with Gasteiger partial charge in [0.25, 0.3) is 0 Å². The Bertz CT molecular complexity index is 761. The van der Waals surface area contributed by atoms with E-state index in [4.69, 9.17) is 5.73 Å². The molecule has 1 heterocycles. The highest BCUT2D eigenvalue weighted by atomic mass is 79.9. The van der Waals surface area contributed by atoms with Crippen LogP contribution in [0.25, 0.3) is 10.9 Å². The Kier molecular flexibility index (Phi) is 3.89. The number of thioether (sulfide) groups is 1. The molecule has 20 heavy (non-hydrogen) atoms. The number of nitrogens with two attached hydrogens (primary N) is 1. The quantitative estimate of drug-likeness (QED) is 0.720. The van der Waals surface area contributed by atoms with Crippen LogP contribution in [0.4, 0.5) is 5.82 Å². The van der Waals surface area contributed by atoms with E-state index in [2.05, 4.69) is 38.0 Å². The molecule has 2 aromatic carbocycles. The van der Waals surface area contributed by atoms with Crippen molar-refractivity contribution in [2.45, 2.75) is 10.6 Å². The predicted octanol–water partition coefficient (Wildman–Crippen LogP) is 4.27. The van der Waals surface area contributed by atoms with Gasteiger partial charge in [-0.25, -0.2) is 9.97 Å². The molecule has 0 aliphatic rings. The number of aromatic nitrogens is 2. The van der Waals surface area contributed by atoms with Gasteiger partial charge in [0, 0.05) is 14.8 Å². The normalized spacial score (nSPS) is 10.8. The molecule has 3 nitrogen and oxygen atoms in total. The predicted molar refractivity (Wildman–Crippen MR) is 87.7 cm³/mol. The Hall–Kier alpha value is -1.59. The van der Waals surface area contributed by atoms with Crippen LogP contribution in [0, 0.1) is 0 Å². The van der Waals surface area contributed by atoms with Crippen LogP contribution >= 0.6 is 27.7 Å². The fraction of sp³-hybridized carbons (Fsp3) is 0.0667. The van der Waals surface area contributed by atoms with Gasteiger partial charge in [-0.15, -0.1) is 11.8 Å². The standard InChI is InChI=1S/C15H12BrN3S/c16-10-4-3-5-11(8-10)20-9-14-18-13-7-2-1-6-12(13)15(17)19-14/h1-8H,9H2,(H2,17,18,19). The number of benzene rings is 2. The molecule has 2 N–H and O–H groups in total. The van der Waals surface area contributed by atoms with Gasteiger partial charge in [-0.2, -0.15) is 0 Å². The Balaban J connectivity index is 1.84. The molecule has 1 aromatic heterocycles. The van der Waals surface area contributed by atoms with Crippen molar-refractivity contribution in [2.24, 2.45) is 0 Å². The van der Waals surface area contributed by atoms with E-state index in [0.29, 0.717) is 11.6 Å². The maximum absolute atomic E-state index is 5.98. The summed E-state index contributed by atoms with van der Waals surface area (Å²) in [5, 5.41) is 0.906. The van der Waals surface area contributed by atoms with Gasteiger partial charge in [-0.1, -0.05) is 34.1 Å². The third-order valence-corrected chi connectivity index (χ3v) is 4.33. The molecule has 0 saturated carbocycles. The average Bonchev–Trinajstić information content (AvgIpc) is 2.45. The van der Waals surface area contributed by atoms with Gasteiger partial charge >= 0.3 is 0 Å². The van der Waals surface area contributed by atoms with E-state index in [1.54, 1.807) is 11.8 Å². The molecule has 0 radical (unpaired) electrons. The summed E-state index contributed by atoms with van der Waals surface area (Å²) in [6, 6.07) is 16.0. The minimum atomic E-state index is 0.542. The Labute approximate surface area is 129 Å². The lowest BCUT2D eigenvalue weighted by atomic mass is 10.2. The molecule has 0 aliphatic carbocycles. The molecule has 100 valence electrons. The third kappa shape index (κ3) is 2.94. The van der Waals surface area contributed by atoms with E-state index < -0.39 is 0 Å². The first-order chi connectivity index (χ1) is 9.72. The fourth-order valence-corrected chi connectivity index (χ4v) is 3.28. The SMILES string of the molecule is Nc1nc(CSc2cccc(Br)c2)nc2ccccc12. The molecule has 0 aliphatic heterocycles. The largest absolute Gasteiger partial charge is 0.383 e. The molecule has 0 unspecified atom stereocenters. The van der Waals surface area contributed by atoms with Gasteiger partial charge in [-0.3, -0.25) is 0 Å². The molecule has 5 heteroatoms. The molecule has 0 fully saturated rings. The molecule has 3 rings (SSSR count). The minimum Gasteiger partial charge on any atom is -0.383 e. The summed E-state index contributed by atoms with van der Waals surface area (Å²) < 4.78 is 1.07. The highest BCUT2D eigenvalue weighted by Crippen LogP contribution is 2.25. The number of anilines is 1. The number of halogens is 1. The van der Waals surface area contributed by atoms with Crippen molar-refractivity contribution in [2.75, 3.05) is 5.73 Å². The third-order valence-electron chi connectivity index (χ3n) is 2.84. The van der Waals surface area contributed by atoms with Gasteiger partial charge in [0.2, 0.25) is 0 Å². The number of nitrogens with zero attached hydrogens (tertiary/aromatic N) is 2. The number of nitrogen functional groups attached to an aromatic ring is 1. The molecule has 0 bridgehead atoms. The van der Waals surface area contributed by atoms with Crippen LogP contribution in [-0.4, -0.2) is 9.97 Å². The summed E-state index contributed by atoms with van der Waals surface area (Å²) in [5.41, 5.74) is 6.88. The maximum Gasteiger partial charge on any atom is 0.141 e. The van der Waals surface area contributed by atoms with Gasteiger partial charge in [0.15, 0.2) is 0 Å². The highest BCUT2D eigenvalue weighted by Gasteiger charge is 2.05. The van der Waals surface area contributed by atoms with Gasteiger partial charge < -0.3 is 5.73 Å². The van der Waals surface area contributed by atoms with E-state index in [0.717, 1.165) is 21.2 Å². The van der Waals surface area contributed by atoms with E-state index in [9.17, 15) is 0 Å². The molecule has 0 spiro atoms. The number of hydrogen-bond acceptors (Lipinski definition) is 4. The van der Waals surface area contributed by atoms with Crippen LogP contribution in [0.1, 0.15) is 5.82 Å². The van der Waals surface area contributed by atoms with E-state index in [-0.39, 0.29) is 0 Å². The van der Waals surface area contributed by atoms with Gasteiger partial charge in [0.1, 0.15) is 11.6 Å². The zero-order valence-corrected chi connectivity index (χ0v) is 13.0. The van der Waals surface area contributed by atoms with Crippen LogP contribution in [0.2, 0.25) is 0 Å². The van der Waals surface area contributed by atoms with Crippen LogP contribution in [0.15, 0.2) is 57.9 Å². The van der Waals surface area contributed by atoms with Crippen molar-refractivity contribution < 1.29 is 0 Å². The summed E-state index contributed by atoms with van der Waals surface area (Å²) in [5.74, 6) is 2.00.